The summed E-state index contributed by atoms with van der Waals surface area (Å²) in [7, 11) is 1.65. The van der Waals surface area contributed by atoms with Crippen molar-refractivity contribution in [3.05, 3.63) is 58.0 Å². The minimum Gasteiger partial charge on any atom is -0.399 e. The van der Waals surface area contributed by atoms with E-state index in [1.807, 2.05) is 24.3 Å². The van der Waals surface area contributed by atoms with Gasteiger partial charge in [-0.05, 0) is 36.6 Å². The Balaban J connectivity index is 0.00000242. The quantitative estimate of drug-likeness (QED) is 0.848. The van der Waals surface area contributed by atoms with E-state index in [4.69, 9.17) is 5.73 Å². The smallest absolute Gasteiger partial charge is 0.274 e. The molecule has 0 saturated heterocycles. The minimum atomic E-state index is -0.206. The second kappa shape index (κ2) is 7.66. The van der Waals surface area contributed by atoms with Crippen LogP contribution in [0.25, 0.3) is 0 Å². The molecule has 0 aliphatic heterocycles. The number of halogens is 1. The maximum Gasteiger partial charge on any atom is 0.274 e. The number of aromatic nitrogens is 1. The first-order valence-electron chi connectivity index (χ1n) is 6.78. The number of nitrogen functional groups attached to an aromatic ring is 1. The third-order valence-corrected chi connectivity index (χ3v) is 3.42. The molecule has 118 valence electrons. The van der Waals surface area contributed by atoms with Gasteiger partial charge in [-0.3, -0.25) is 9.59 Å². The average molecular weight is 322 g/mol. The van der Waals surface area contributed by atoms with Crippen LogP contribution in [0, 0.1) is 6.92 Å². The number of hydrogen-bond donors (Lipinski definition) is 2. The van der Waals surface area contributed by atoms with Gasteiger partial charge >= 0.3 is 0 Å². The van der Waals surface area contributed by atoms with Gasteiger partial charge in [0, 0.05) is 25.4 Å². The van der Waals surface area contributed by atoms with Crippen molar-refractivity contribution in [2.24, 2.45) is 7.05 Å². The SMILES string of the molecule is Cc1ccn(C)c(=O)c1NC(=O)CCc1ccccc1N.Cl. The lowest BCUT2D eigenvalue weighted by molar-refractivity contribution is -0.116. The molecule has 1 aromatic heterocycles. The summed E-state index contributed by atoms with van der Waals surface area (Å²) in [5.41, 5.74) is 8.34. The van der Waals surface area contributed by atoms with E-state index in [-0.39, 0.29) is 30.3 Å². The first kappa shape index (κ1) is 17.8. The fraction of sp³-hybridized carbons (Fsp3) is 0.250. The molecule has 5 nitrogen and oxygen atoms in total. The number of pyridine rings is 1. The van der Waals surface area contributed by atoms with Crippen molar-refractivity contribution in [2.75, 3.05) is 11.1 Å². The lowest BCUT2D eigenvalue weighted by Gasteiger charge is -2.10. The van der Waals surface area contributed by atoms with Crippen LogP contribution in [0.5, 0.6) is 0 Å². The van der Waals surface area contributed by atoms with Crippen molar-refractivity contribution >= 4 is 29.7 Å². The minimum absolute atomic E-state index is 0. The Morgan fingerprint density at radius 1 is 1.27 bits per heavy atom. The third kappa shape index (κ3) is 4.11. The molecular formula is C16H20ClN3O2. The van der Waals surface area contributed by atoms with E-state index in [1.165, 1.54) is 4.57 Å². The highest BCUT2D eigenvalue weighted by Gasteiger charge is 2.10. The van der Waals surface area contributed by atoms with E-state index in [9.17, 15) is 9.59 Å². The molecule has 0 aliphatic carbocycles. The van der Waals surface area contributed by atoms with Crippen LogP contribution in [0.2, 0.25) is 0 Å². The first-order chi connectivity index (χ1) is 9.99. The normalized spacial score (nSPS) is 9.91. The molecule has 0 unspecified atom stereocenters. The number of carbonyl (C=O) groups is 1. The highest BCUT2D eigenvalue weighted by molar-refractivity contribution is 5.91. The van der Waals surface area contributed by atoms with Gasteiger partial charge < -0.3 is 15.6 Å². The van der Waals surface area contributed by atoms with E-state index in [0.717, 1.165) is 11.1 Å². The molecule has 0 radical (unpaired) electrons. The lowest BCUT2D eigenvalue weighted by Crippen LogP contribution is -2.25. The second-order valence-corrected chi connectivity index (χ2v) is 5.04. The van der Waals surface area contributed by atoms with Crippen molar-refractivity contribution in [1.82, 2.24) is 4.57 Å². The summed E-state index contributed by atoms with van der Waals surface area (Å²) in [6.45, 7) is 1.80. The third-order valence-electron chi connectivity index (χ3n) is 3.42. The highest BCUT2D eigenvalue weighted by atomic mass is 35.5. The zero-order valence-corrected chi connectivity index (χ0v) is 13.4. The number of aryl methyl sites for hydroxylation is 3. The molecule has 1 heterocycles. The maximum absolute atomic E-state index is 12.0. The fourth-order valence-electron chi connectivity index (χ4n) is 2.08. The van der Waals surface area contributed by atoms with Gasteiger partial charge in [0.25, 0.3) is 5.56 Å². The van der Waals surface area contributed by atoms with Gasteiger partial charge in [-0.1, -0.05) is 18.2 Å². The van der Waals surface area contributed by atoms with Crippen molar-refractivity contribution in [3.8, 4) is 0 Å². The van der Waals surface area contributed by atoms with Gasteiger partial charge in [0.2, 0.25) is 5.91 Å². The molecular weight excluding hydrogens is 302 g/mol. The van der Waals surface area contributed by atoms with Gasteiger partial charge in [-0.2, -0.15) is 0 Å². The van der Waals surface area contributed by atoms with Crippen LogP contribution < -0.4 is 16.6 Å². The van der Waals surface area contributed by atoms with Gasteiger partial charge in [0.15, 0.2) is 0 Å². The molecule has 0 bridgehead atoms. The number of hydrogen-bond acceptors (Lipinski definition) is 3. The van der Waals surface area contributed by atoms with E-state index in [1.54, 1.807) is 26.2 Å². The highest BCUT2D eigenvalue weighted by Crippen LogP contribution is 2.14. The molecule has 0 saturated carbocycles. The molecule has 1 amide bonds. The average Bonchev–Trinajstić information content (AvgIpc) is 2.47. The number of anilines is 2. The summed E-state index contributed by atoms with van der Waals surface area (Å²) in [5.74, 6) is -0.190. The van der Waals surface area contributed by atoms with Crippen molar-refractivity contribution in [3.63, 3.8) is 0 Å². The number of rotatable bonds is 4. The summed E-state index contributed by atoms with van der Waals surface area (Å²) in [6, 6.07) is 9.25. The van der Waals surface area contributed by atoms with E-state index >= 15 is 0 Å². The maximum atomic E-state index is 12.0. The van der Waals surface area contributed by atoms with Crippen LogP contribution in [-0.4, -0.2) is 10.5 Å². The summed E-state index contributed by atoms with van der Waals surface area (Å²) < 4.78 is 1.44. The first-order valence-corrected chi connectivity index (χ1v) is 6.78. The van der Waals surface area contributed by atoms with Crippen LogP contribution in [0.1, 0.15) is 17.5 Å². The van der Waals surface area contributed by atoms with E-state index in [0.29, 0.717) is 17.8 Å². The van der Waals surface area contributed by atoms with Crippen LogP contribution in [0.15, 0.2) is 41.3 Å². The zero-order chi connectivity index (χ0) is 15.4. The molecule has 1 aromatic carbocycles. The number of nitrogens with one attached hydrogen (secondary N) is 1. The monoisotopic (exact) mass is 321 g/mol. The van der Waals surface area contributed by atoms with Crippen LogP contribution >= 0.6 is 12.4 Å². The number of nitrogens with zero attached hydrogens (tertiary/aromatic N) is 1. The molecule has 0 spiro atoms. The standard InChI is InChI=1S/C16H19N3O2.ClH/c1-11-9-10-19(2)16(21)15(11)18-14(20)8-7-12-5-3-4-6-13(12)17;/h3-6,9-10H,7-8,17H2,1-2H3,(H,18,20);1H. The largest absolute Gasteiger partial charge is 0.399 e. The molecule has 22 heavy (non-hydrogen) atoms. The molecule has 0 fully saturated rings. The number of carbonyl (C=O) groups excluding carboxylic acids is 1. The Hall–Kier alpha value is -2.27. The topological polar surface area (TPSA) is 77.1 Å². The molecule has 2 aromatic rings. The van der Waals surface area contributed by atoms with Gasteiger partial charge in [-0.15, -0.1) is 12.4 Å². The Morgan fingerprint density at radius 3 is 2.64 bits per heavy atom. The Kier molecular flexibility index (Phi) is 6.19. The van der Waals surface area contributed by atoms with E-state index < -0.39 is 0 Å². The van der Waals surface area contributed by atoms with Crippen molar-refractivity contribution < 1.29 is 4.79 Å². The number of amides is 1. The fourth-order valence-corrected chi connectivity index (χ4v) is 2.08. The lowest BCUT2D eigenvalue weighted by atomic mass is 10.1. The Labute approximate surface area is 135 Å². The summed E-state index contributed by atoms with van der Waals surface area (Å²) >= 11 is 0. The number of nitrogens with two attached hydrogens (primary N) is 1. The summed E-state index contributed by atoms with van der Waals surface area (Å²) in [5, 5.41) is 2.70. The van der Waals surface area contributed by atoms with Gasteiger partial charge in [0.05, 0.1) is 0 Å². The predicted molar refractivity (Wildman–Crippen MR) is 91.5 cm³/mol. The van der Waals surface area contributed by atoms with Gasteiger partial charge in [0.1, 0.15) is 5.69 Å². The zero-order valence-electron chi connectivity index (χ0n) is 12.6. The van der Waals surface area contributed by atoms with Crippen LogP contribution in [0.3, 0.4) is 0 Å². The molecule has 6 heteroatoms. The molecule has 3 N–H and O–H groups in total. The number of para-hydroxylation sites is 1. The van der Waals surface area contributed by atoms with Gasteiger partial charge in [-0.25, -0.2) is 0 Å². The number of benzene rings is 1. The van der Waals surface area contributed by atoms with Crippen LogP contribution in [0.4, 0.5) is 11.4 Å². The second-order valence-electron chi connectivity index (χ2n) is 5.04. The molecule has 0 aliphatic rings. The van der Waals surface area contributed by atoms with Crippen LogP contribution in [-0.2, 0) is 18.3 Å². The summed E-state index contributed by atoms with van der Waals surface area (Å²) in [6.07, 6.45) is 2.51. The molecule has 2 rings (SSSR count). The van der Waals surface area contributed by atoms with E-state index in [2.05, 4.69) is 5.32 Å². The Bertz CT molecular complexity index is 726. The van der Waals surface area contributed by atoms with Crippen molar-refractivity contribution in [1.29, 1.82) is 0 Å². The van der Waals surface area contributed by atoms with Crippen molar-refractivity contribution in [2.45, 2.75) is 19.8 Å². The predicted octanol–water partition coefficient (Wildman–Crippen LogP) is 2.27. The molecule has 0 atom stereocenters. The summed E-state index contributed by atoms with van der Waals surface area (Å²) in [4.78, 5) is 24.0. The Morgan fingerprint density at radius 2 is 1.95 bits per heavy atom.